The van der Waals surface area contributed by atoms with Gasteiger partial charge in [-0.2, -0.15) is 0 Å². The highest BCUT2D eigenvalue weighted by atomic mass is 16.4. The summed E-state index contributed by atoms with van der Waals surface area (Å²) in [5.74, 6) is -1.04. The fourth-order valence-electron chi connectivity index (χ4n) is 3.08. The van der Waals surface area contributed by atoms with E-state index in [0.29, 0.717) is 12.8 Å². The third kappa shape index (κ3) is 3.43. The maximum Gasteiger partial charge on any atom is 0.310 e. The molecule has 0 aliphatic heterocycles. The van der Waals surface area contributed by atoms with Gasteiger partial charge in [0.25, 0.3) is 0 Å². The molecule has 21 heavy (non-hydrogen) atoms. The van der Waals surface area contributed by atoms with Crippen LogP contribution in [0, 0.1) is 19.3 Å². The van der Waals surface area contributed by atoms with Crippen LogP contribution in [0.15, 0.2) is 18.2 Å². The first-order valence-corrected chi connectivity index (χ1v) is 7.54. The average molecular weight is 289 g/mol. The SMILES string of the molecule is Cc1cccc(NC(=O)CC2(C(=O)O)CCCCC2)c1C. The van der Waals surface area contributed by atoms with Crippen molar-refractivity contribution in [1.29, 1.82) is 0 Å². The first-order valence-electron chi connectivity index (χ1n) is 7.54. The second-order valence-corrected chi connectivity index (χ2v) is 6.12. The summed E-state index contributed by atoms with van der Waals surface area (Å²) in [5, 5.41) is 12.4. The Morgan fingerprint density at radius 3 is 2.48 bits per heavy atom. The van der Waals surface area contributed by atoms with E-state index in [0.717, 1.165) is 36.1 Å². The van der Waals surface area contributed by atoms with E-state index >= 15 is 0 Å². The van der Waals surface area contributed by atoms with Crippen LogP contribution < -0.4 is 5.32 Å². The lowest BCUT2D eigenvalue weighted by molar-refractivity contribution is -0.153. The molecular weight excluding hydrogens is 266 g/mol. The highest BCUT2D eigenvalue weighted by Crippen LogP contribution is 2.39. The van der Waals surface area contributed by atoms with Gasteiger partial charge in [-0.1, -0.05) is 31.4 Å². The van der Waals surface area contributed by atoms with Crippen LogP contribution in [0.3, 0.4) is 0 Å². The van der Waals surface area contributed by atoms with E-state index in [4.69, 9.17) is 0 Å². The normalized spacial score (nSPS) is 17.2. The lowest BCUT2D eigenvalue weighted by Gasteiger charge is -2.32. The highest BCUT2D eigenvalue weighted by Gasteiger charge is 2.41. The highest BCUT2D eigenvalue weighted by molar-refractivity contribution is 5.95. The van der Waals surface area contributed by atoms with Crippen molar-refractivity contribution in [2.24, 2.45) is 5.41 Å². The minimum Gasteiger partial charge on any atom is -0.481 e. The molecule has 1 aromatic carbocycles. The fourth-order valence-corrected chi connectivity index (χ4v) is 3.08. The van der Waals surface area contributed by atoms with Crippen molar-refractivity contribution < 1.29 is 14.7 Å². The van der Waals surface area contributed by atoms with Crippen LogP contribution in [0.4, 0.5) is 5.69 Å². The molecule has 4 heteroatoms. The number of nitrogens with one attached hydrogen (secondary N) is 1. The Kier molecular flexibility index (Phi) is 4.66. The number of carboxylic acid groups (broad SMARTS) is 1. The van der Waals surface area contributed by atoms with Gasteiger partial charge in [0.1, 0.15) is 0 Å². The summed E-state index contributed by atoms with van der Waals surface area (Å²) in [6, 6.07) is 5.74. The molecule has 2 N–H and O–H groups in total. The molecule has 0 bridgehead atoms. The summed E-state index contributed by atoms with van der Waals surface area (Å²) in [7, 11) is 0. The van der Waals surface area contributed by atoms with Crippen molar-refractivity contribution in [2.75, 3.05) is 5.32 Å². The number of carbonyl (C=O) groups excluding carboxylic acids is 1. The minimum absolute atomic E-state index is 0.0652. The molecule has 1 aliphatic rings. The molecule has 0 spiro atoms. The van der Waals surface area contributed by atoms with Gasteiger partial charge in [0.2, 0.25) is 5.91 Å². The second-order valence-electron chi connectivity index (χ2n) is 6.12. The number of aliphatic carboxylic acids is 1. The van der Waals surface area contributed by atoms with Gasteiger partial charge < -0.3 is 10.4 Å². The Labute approximate surface area is 125 Å². The number of rotatable bonds is 4. The monoisotopic (exact) mass is 289 g/mol. The number of hydrogen-bond donors (Lipinski definition) is 2. The van der Waals surface area contributed by atoms with Gasteiger partial charge in [-0.3, -0.25) is 9.59 Å². The summed E-state index contributed by atoms with van der Waals surface area (Å²) in [6.45, 7) is 3.95. The van der Waals surface area contributed by atoms with Gasteiger partial charge in [0.15, 0.2) is 0 Å². The molecule has 4 nitrogen and oxygen atoms in total. The quantitative estimate of drug-likeness (QED) is 0.888. The van der Waals surface area contributed by atoms with E-state index < -0.39 is 11.4 Å². The Hall–Kier alpha value is -1.84. The molecule has 114 valence electrons. The van der Waals surface area contributed by atoms with Crippen LogP contribution in [0.2, 0.25) is 0 Å². The number of benzene rings is 1. The van der Waals surface area contributed by atoms with Gasteiger partial charge in [-0.15, -0.1) is 0 Å². The van der Waals surface area contributed by atoms with Crippen LogP contribution in [0.5, 0.6) is 0 Å². The summed E-state index contributed by atoms with van der Waals surface area (Å²) in [5.41, 5.74) is 2.04. The molecule has 1 amide bonds. The van der Waals surface area contributed by atoms with Crippen LogP contribution in [-0.2, 0) is 9.59 Å². The van der Waals surface area contributed by atoms with Crippen LogP contribution in [0.1, 0.15) is 49.7 Å². The van der Waals surface area contributed by atoms with E-state index in [2.05, 4.69) is 5.32 Å². The van der Waals surface area contributed by atoms with E-state index in [9.17, 15) is 14.7 Å². The van der Waals surface area contributed by atoms with Crippen molar-refractivity contribution in [2.45, 2.75) is 52.4 Å². The van der Waals surface area contributed by atoms with Crippen molar-refractivity contribution in [3.05, 3.63) is 29.3 Å². The molecular formula is C17H23NO3. The topological polar surface area (TPSA) is 66.4 Å². The van der Waals surface area contributed by atoms with Gasteiger partial charge in [0, 0.05) is 12.1 Å². The summed E-state index contributed by atoms with van der Waals surface area (Å²) in [6.07, 6.45) is 4.11. The number of amides is 1. The number of carbonyl (C=O) groups is 2. The van der Waals surface area contributed by atoms with Crippen molar-refractivity contribution in [3.8, 4) is 0 Å². The molecule has 1 aromatic rings. The predicted octanol–water partition coefficient (Wildman–Crippen LogP) is 3.67. The predicted molar refractivity (Wildman–Crippen MR) is 82.3 cm³/mol. The summed E-state index contributed by atoms with van der Waals surface area (Å²) >= 11 is 0. The third-order valence-corrected chi connectivity index (χ3v) is 4.64. The zero-order valence-electron chi connectivity index (χ0n) is 12.7. The van der Waals surface area contributed by atoms with E-state index in [1.165, 1.54) is 0 Å². The molecule has 1 saturated carbocycles. The molecule has 0 radical (unpaired) electrons. The Morgan fingerprint density at radius 2 is 1.86 bits per heavy atom. The molecule has 0 unspecified atom stereocenters. The maximum absolute atomic E-state index is 12.3. The number of hydrogen-bond acceptors (Lipinski definition) is 2. The summed E-state index contributed by atoms with van der Waals surface area (Å²) in [4.78, 5) is 23.9. The van der Waals surface area contributed by atoms with Crippen LogP contribution in [0.25, 0.3) is 0 Å². The molecule has 2 rings (SSSR count). The van der Waals surface area contributed by atoms with Crippen molar-refractivity contribution >= 4 is 17.6 Å². The third-order valence-electron chi connectivity index (χ3n) is 4.64. The van der Waals surface area contributed by atoms with E-state index in [-0.39, 0.29) is 12.3 Å². The zero-order valence-corrected chi connectivity index (χ0v) is 12.7. The minimum atomic E-state index is -0.875. The van der Waals surface area contributed by atoms with Gasteiger partial charge >= 0.3 is 5.97 Å². The maximum atomic E-state index is 12.3. The van der Waals surface area contributed by atoms with Crippen LogP contribution in [-0.4, -0.2) is 17.0 Å². The molecule has 0 atom stereocenters. The number of anilines is 1. The lowest BCUT2D eigenvalue weighted by atomic mass is 9.71. The fraction of sp³-hybridized carbons (Fsp3) is 0.529. The molecule has 0 aromatic heterocycles. The lowest BCUT2D eigenvalue weighted by Crippen LogP contribution is -2.37. The standard InChI is InChI=1S/C17H23NO3/c1-12-7-6-8-14(13(12)2)18-15(19)11-17(16(20)21)9-4-3-5-10-17/h6-8H,3-5,9-11H2,1-2H3,(H,18,19)(H,20,21). The van der Waals surface area contributed by atoms with Crippen molar-refractivity contribution in [3.63, 3.8) is 0 Å². The molecule has 1 fully saturated rings. The largest absolute Gasteiger partial charge is 0.481 e. The average Bonchev–Trinajstić information content (AvgIpc) is 2.44. The molecule has 0 saturated heterocycles. The van der Waals surface area contributed by atoms with Crippen LogP contribution >= 0.6 is 0 Å². The van der Waals surface area contributed by atoms with E-state index in [1.54, 1.807) is 0 Å². The number of carboxylic acids is 1. The van der Waals surface area contributed by atoms with Gasteiger partial charge in [-0.05, 0) is 43.9 Å². The van der Waals surface area contributed by atoms with Gasteiger partial charge in [-0.25, -0.2) is 0 Å². The van der Waals surface area contributed by atoms with E-state index in [1.807, 2.05) is 32.0 Å². The number of aryl methyl sites for hydroxylation is 1. The first kappa shape index (κ1) is 15.5. The first-order chi connectivity index (χ1) is 9.94. The second kappa shape index (κ2) is 6.29. The van der Waals surface area contributed by atoms with Gasteiger partial charge in [0.05, 0.1) is 5.41 Å². The Morgan fingerprint density at radius 1 is 1.19 bits per heavy atom. The zero-order chi connectivity index (χ0) is 15.5. The summed E-state index contributed by atoms with van der Waals surface area (Å²) < 4.78 is 0. The van der Waals surface area contributed by atoms with Crippen molar-refractivity contribution in [1.82, 2.24) is 0 Å². The smallest absolute Gasteiger partial charge is 0.310 e. The Bertz CT molecular complexity index is 545. The molecule has 1 aliphatic carbocycles. The molecule has 0 heterocycles. The Balaban J connectivity index is 2.09.